The van der Waals surface area contributed by atoms with Gasteiger partial charge in [0, 0.05) is 31.6 Å². The number of aromatic nitrogens is 2. The molecule has 0 radical (unpaired) electrons. The molecule has 1 unspecified atom stereocenters. The second kappa shape index (κ2) is 5.23. The Hall–Kier alpha value is -1.32. The number of rotatable bonds is 4. The van der Waals surface area contributed by atoms with E-state index in [0.717, 1.165) is 23.0 Å². The third-order valence-electron chi connectivity index (χ3n) is 4.49. The first-order valence-corrected chi connectivity index (χ1v) is 7.54. The van der Waals surface area contributed by atoms with Crippen LogP contribution in [0.25, 0.3) is 0 Å². The molecule has 1 N–H and O–H groups in total. The first-order chi connectivity index (χ1) is 9.25. The Morgan fingerprint density at radius 3 is 2.30 bits per heavy atom. The summed E-state index contributed by atoms with van der Waals surface area (Å²) < 4.78 is 0. The number of anilines is 2. The molecule has 0 saturated heterocycles. The van der Waals surface area contributed by atoms with E-state index in [-0.39, 0.29) is 5.41 Å². The van der Waals surface area contributed by atoms with Gasteiger partial charge in [-0.15, -0.1) is 0 Å². The Labute approximate surface area is 123 Å². The largest absolute Gasteiger partial charge is 0.373 e. The number of nitrogens with zero attached hydrogens (tertiary/aromatic N) is 3. The van der Waals surface area contributed by atoms with Crippen LogP contribution in [0.4, 0.5) is 11.6 Å². The molecule has 1 atom stereocenters. The van der Waals surface area contributed by atoms with Gasteiger partial charge in [-0.2, -0.15) is 0 Å². The highest BCUT2D eigenvalue weighted by Crippen LogP contribution is 2.40. The fourth-order valence-electron chi connectivity index (χ4n) is 2.40. The summed E-state index contributed by atoms with van der Waals surface area (Å²) in [6.07, 6.45) is 2.45. The third kappa shape index (κ3) is 2.89. The Morgan fingerprint density at radius 1 is 1.25 bits per heavy atom. The predicted octanol–water partition coefficient (Wildman–Crippen LogP) is 3.57. The van der Waals surface area contributed by atoms with Gasteiger partial charge < -0.3 is 10.2 Å². The lowest BCUT2D eigenvalue weighted by atomic mass is 9.87. The summed E-state index contributed by atoms with van der Waals surface area (Å²) in [5.74, 6) is 3.60. The monoisotopic (exact) mass is 276 g/mol. The normalized spacial score (nSPS) is 16.9. The SMILES string of the molecule is CNc1nc(C2CC2)nc(N(C)C(C)C(C)(C)C)c1C. The van der Waals surface area contributed by atoms with Crippen molar-refractivity contribution in [1.29, 1.82) is 0 Å². The highest BCUT2D eigenvalue weighted by atomic mass is 15.2. The van der Waals surface area contributed by atoms with Gasteiger partial charge in [0.15, 0.2) is 0 Å². The van der Waals surface area contributed by atoms with E-state index in [4.69, 9.17) is 4.98 Å². The zero-order chi connectivity index (χ0) is 15.1. The maximum Gasteiger partial charge on any atom is 0.137 e. The van der Waals surface area contributed by atoms with Crippen LogP contribution in [0.1, 0.15) is 57.8 Å². The molecular formula is C16H28N4. The third-order valence-corrected chi connectivity index (χ3v) is 4.49. The molecule has 1 aromatic heterocycles. The van der Waals surface area contributed by atoms with E-state index in [0.29, 0.717) is 12.0 Å². The minimum absolute atomic E-state index is 0.214. The van der Waals surface area contributed by atoms with Gasteiger partial charge in [-0.1, -0.05) is 20.8 Å². The summed E-state index contributed by atoms with van der Waals surface area (Å²) in [6, 6.07) is 0.410. The molecule has 4 heteroatoms. The van der Waals surface area contributed by atoms with E-state index in [9.17, 15) is 0 Å². The minimum Gasteiger partial charge on any atom is -0.373 e. The number of hydrogen-bond donors (Lipinski definition) is 1. The van der Waals surface area contributed by atoms with E-state index in [1.165, 1.54) is 12.8 Å². The van der Waals surface area contributed by atoms with E-state index in [1.54, 1.807) is 0 Å². The van der Waals surface area contributed by atoms with Crippen LogP contribution in [0.2, 0.25) is 0 Å². The molecule has 112 valence electrons. The van der Waals surface area contributed by atoms with Crippen LogP contribution in [0.15, 0.2) is 0 Å². The lowest BCUT2D eigenvalue weighted by molar-refractivity contribution is 0.328. The van der Waals surface area contributed by atoms with Crippen molar-refractivity contribution in [3.8, 4) is 0 Å². The summed E-state index contributed by atoms with van der Waals surface area (Å²) >= 11 is 0. The van der Waals surface area contributed by atoms with Gasteiger partial charge in [0.1, 0.15) is 17.5 Å². The van der Waals surface area contributed by atoms with Gasteiger partial charge in [-0.3, -0.25) is 0 Å². The van der Waals surface area contributed by atoms with Crippen LogP contribution < -0.4 is 10.2 Å². The van der Waals surface area contributed by atoms with Crippen LogP contribution in [0.3, 0.4) is 0 Å². The topological polar surface area (TPSA) is 41.1 Å². The molecule has 0 amide bonds. The van der Waals surface area contributed by atoms with Crippen molar-refractivity contribution in [2.24, 2.45) is 5.41 Å². The van der Waals surface area contributed by atoms with E-state index in [2.05, 4.69) is 56.9 Å². The van der Waals surface area contributed by atoms with Crippen molar-refractivity contribution in [3.05, 3.63) is 11.4 Å². The zero-order valence-electron chi connectivity index (χ0n) is 13.9. The zero-order valence-corrected chi connectivity index (χ0v) is 13.9. The fraction of sp³-hybridized carbons (Fsp3) is 0.750. The first-order valence-electron chi connectivity index (χ1n) is 7.54. The first kappa shape index (κ1) is 15.1. The summed E-state index contributed by atoms with van der Waals surface area (Å²) in [5, 5.41) is 3.21. The van der Waals surface area contributed by atoms with E-state index in [1.807, 2.05) is 7.05 Å². The van der Waals surface area contributed by atoms with Crippen LogP contribution in [-0.2, 0) is 0 Å². The highest BCUT2D eigenvalue weighted by molar-refractivity contribution is 5.59. The molecule has 1 heterocycles. The van der Waals surface area contributed by atoms with Gasteiger partial charge in [0.2, 0.25) is 0 Å². The van der Waals surface area contributed by atoms with Crippen molar-refractivity contribution in [2.45, 2.75) is 59.4 Å². The number of nitrogens with one attached hydrogen (secondary N) is 1. The van der Waals surface area contributed by atoms with Crippen LogP contribution in [0.5, 0.6) is 0 Å². The molecule has 4 nitrogen and oxygen atoms in total. The van der Waals surface area contributed by atoms with Crippen molar-refractivity contribution >= 4 is 11.6 Å². The Morgan fingerprint density at radius 2 is 1.85 bits per heavy atom. The Balaban J connectivity index is 2.41. The summed E-state index contributed by atoms with van der Waals surface area (Å²) in [5.41, 5.74) is 1.35. The molecule has 0 aromatic carbocycles. The molecule has 1 fully saturated rings. The van der Waals surface area contributed by atoms with Crippen molar-refractivity contribution in [2.75, 3.05) is 24.3 Å². The average Bonchev–Trinajstić information content (AvgIpc) is 3.20. The molecule has 2 rings (SSSR count). The fourth-order valence-corrected chi connectivity index (χ4v) is 2.40. The summed E-state index contributed by atoms with van der Waals surface area (Å²) in [6.45, 7) is 11.2. The smallest absolute Gasteiger partial charge is 0.137 e. The van der Waals surface area contributed by atoms with Gasteiger partial charge in [-0.05, 0) is 32.1 Å². The van der Waals surface area contributed by atoms with E-state index >= 15 is 0 Å². The summed E-state index contributed by atoms with van der Waals surface area (Å²) in [7, 11) is 4.07. The molecule has 20 heavy (non-hydrogen) atoms. The van der Waals surface area contributed by atoms with Crippen LogP contribution in [0, 0.1) is 12.3 Å². The maximum absolute atomic E-state index is 4.85. The van der Waals surface area contributed by atoms with Gasteiger partial charge in [0.05, 0.1) is 0 Å². The maximum atomic E-state index is 4.85. The molecule has 0 aliphatic heterocycles. The molecular weight excluding hydrogens is 248 g/mol. The van der Waals surface area contributed by atoms with E-state index < -0.39 is 0 Å². The molecule has 1 saturated carbocycles. The quantitative estimate of drug-likeness (QED) is 0.912. The number of hydrogen-bond acceptors (Lipinski definition) is 4. The lowest BCUT2D eigenvalue weighted by Crippen LogP contribution is -2.40. The Kier molecular flexibility index (Phi) is 3.94. The molecule has 0 bridgehead atoms. The van der Waals surface area contributed by atoms with Gasteiger partial charge in [0.25, 0.3) is 0 Å². The van der Waals surface area contributed by atoms with Crippen molar-refractivity contribution in [3.63, 3.8) is 0 Å². The second-order valence-corrected chi connectivity index (χ2v) is 7.06. The highest BCUT2D eigenvalue weighted by Gasteiger charge is 2.31. The Bertz CT molecular complexity index is 486. The summed E-state index contributed by atoms with van der Waals surface area (Å²) in [4.78, 5) is 11.8. The molecule has 1 aromatic rings. The van der Waals surface area contributed by atoms with Crippen LogP contribution >= 0.6 is 0 Å². The van der Waals surface area contributed by atoms with Crippen LogP contribution in [-0.4, -0.2) is 30.1 Å². The standard InChI is InChI=1S/C16H28N4/c1-10-13(17-6)18-14(12-8-9-12)19-15(10)20(7)11(2)16(3,4)5/h11-12H,8-9H2,1-7H3,(H,17,18,19). The second-order valence-electron chi connectivity index (χ2n) is 7.06. The van der Waals surface area contributed by atoms with Gasteiger partial charge >= 0.3 is 0 Å². The molecule has 1 aliphatic rings. The van der Waals surface area contributed by atoms with Gasteiger partial charge in [-0.25, -0.2) is 9.97 Å². The predicted molar refractivity (Wildman–Crippen MR) is 85.6 cm³/mol. The molecule has 0 spiro atoms. The van der Waals surface area contributed by atoms with Crippen molar-refractivity contribution < 1.29 is 0 Å². The average molecular weight is 276 g/mol. The lowest BCUT2D eigenvalue weighted by Gasteiger charge is -2.37. The minimum atomic E-state index is 0.214. The van der Waals surface area contributed by atoms with Crippen molar-refractivity contribution in [1.82, 2.24) is 9.97 Å². The molecule has 1 aliphatic carbocycles.